The summed E-state index contributed by atoms with van der Waals surface area (Å²) >= 11 is 0. The molecule has 3 fully saturated rings. The minimum atomic E-state index is -5.19. The maximum absolute atomic E-state index is 14.3. The van der Waals surface area contributed by atoms with Gasteiger partial charge in [0.25, 0.3) is 11.8 Å². The molecular weight excluding hydrogens is 382 g/mol. The van der Waals surface area contributed by atoms with E-state index in [-0.39, 0.29) is 17.7 Å². The Balaban J connectivity index is 1.65. The van der Waals surface area contributed by atoms with Crippen molar-refractivity contribution in [3.05, 3.63) is 0 Å². The Bertz CT molecular complexity index is 702. The lowest BCUT2D eigenvalue weighted by molar-refractivity contribution is -0.159. The molecule has 0 aromatic rings. The molecule has 3 rings (SSSR count). The molecule has 0 aromatic carbocycles. The molecule has 11 nitrogen and oxygen atoms in total. The van der Waals surface area contributed by atoms with Crippen LogP contribution in [0.25, 0.3) is 0 Å². The van der Waals surface area contributed by atoms with Crippen molar-refractivity contribution in [2.45, 2.75) is 43.3 Å². The molecule has 3 unspecified atom stereocenters. The van der Waals surface area contributed by atoms with Crippen LogP contribution in [0.3, 0.4) is 0 Å². The molecule has 26 heavy (non-hydrogen) atoms. The summed E-state index contributed by atoms with van der Waals surface area (Å²) in [5, 5.41) is -0.132. The van der Waals surface area contributed by atoms with Crippen LogP contribution in [-0.2, 0) is 24.3 Å². The van der Waals surface area contributed by atoms with E-state index >= 15 is 0 Å². The van der Waals surface area contributed by atoms with Gasteiger partial charge in [-0.15, -0.1) is 4.28 Å². The second kappa shape index (κ2) is 6.53. The van der Waals surface area contributed by atoms with Crippen LogP contribution >= 0.6 is 0 Å². The van der Waals surface area contributed by atoms with E-state index in [0.29, 0.717) is 5.92 Å². The van der Waals surface area contributed by atoms with Crippen LogP contribution in [0.4, 0.5) is 13.6 Å². The van der Waals surface area contributed by atoms with Crippen molar-refractivity contribution < 1.29 is 40.5 Å². The van der Waals surface area contributed by atoms with E-state index in [4.69, 9.17) is 15.1 Å². The first-order valence-corrected chi connectivity index (χ1v) is 9.18. The van der Waals surface area contributed by atoms with Crippen molar-refractivity contribution >= 4 is 22.3 Å². The first kappa shape index (κ1) is 19.2. The lowest BCUT2D eigenvalue weighted by atomic mass is 9.96. The van der Waals surface area contributed by atoms with Crippen LogP contribution in [0.2, 0.25) is 0 Å². The Morgan fingerprint density at radius 1 is 1.46 bits per heavy atom. The number of piperidine rings is 1. The molecule has 0 spiro atoms. The molecular formula is C12H18F2N4O7S. The fourth-order valence-corrected chi connectivity index (χ4v) is 3.40. The summed E-state index contributed by atoms with van der Waals surface area (Å²) < 4.78 is 62.7. The van der Waals surface area contributed by atoms with Gasteiger partial charge in [-0.05, 0) is 18.8 Å². The Labute approximate surface area is 147 Å². The Morgan fingerprint density at radius 3 is 2.69 bits per heavy atom. The molecule has 4 N–H and O–H groups in total. The van der Waals surface area contributed by atoms with Gasteiger partial charge in [-0.2, -0.15) is 13.5 Å². The molecule has 1 saturated carbocycles. The molecule has 2 heterocycles. The van der Waals surface area contributed by atoms with Crippen LogP contribution < -0.4 is 11.2 Å². The number of urea groups is 1. The van der Waals surface area contributed by atoms with Crippen molar-refractivity contribution in [3.63, 3.8) is 0 Å². The van der Waals surface area contributed by atoms with Crippen molar-refractivity contribution in [2.75, 3.05) is 13.2 Å². The van der Waals surface area contributed by atoms with Gasteiger partial charge in [-0.25, -0.2) is 19.1 Å². The maximum Gasteiger partial charge on any atom is 0.418 e. The highest BCUT2D eigenvalue weighted by atomic mass is 32.3. The predicted molar refractivity (Wildman–Crippen MR) is 78.5 cm³/mol. The standard InChI is InChI=1S/C12H18F2N4O7S/c13-12(14)3-8(10(19)16-24-5-7(15)6-1-2-6)17-4-9(12)18(11(17)20)25-26(21,22)23/h6-9H,1-5,15H2,(H,16,19)(H,21,22,23). The third-order valence-corrected chi connectivity index (χ3v) is 4.92. The third-order valence-electron chi connectivity index (χ3n) is 4.57. The first-order chi connectivity index (χ1) is 12.0. The van der Waals surface area contributed by atoms with E-state index in [1.54, 1.807) is 0 Å². The highest BCUT2D eigenvalue weighted by molar-refractivity contribution is 7.80. The highest BCUT2D eigenvalue weighted by Crippen LogP contribution is 2.41. The topological polar surface area (TPSA) is 151 Å². The number of carbonyl (C=O) groups is 2. The van der Waals surface area contributed by atoms with E-state index in [2.05, 4.69) is 4.28 Å². The molecule has 148 valence electrons. The number of nitrogens with zero attached hydrogens (tertiary/aromatic N) is 2. The van der Waals surface area contributed by atoms with Gasteiger partial charge >= 0.3 is 16.4 Å². The van der Waals surface area contributed by atoms with Gasteiger partial charge in [0.05, 0.1) is 13.2 Å². The van der Waals surface area contributed by atoms with Gasteiger partial charge in [0, 0.05) is 12.5 Å². The zero-order valence-corrected chi connectivity index (χ0v) is 14.2. The van der Waals surface area contributed by atoms with Gasteiger partial charge in [-0.3, -0.25) is 14.2 Å². The molecule has 0 aromatic heterocycles. The maximum atomic E-state index is 14.3. The zero-order chi connectivity index (χ0) is 19.3. The summed E-state index contributed by atoms with van der Waals surface area (Å²) in [6.45, 7) is -0.658. The van der Waals surface area contributed by atoms with Crippen molar-refractivity contribution in [3.8, 4) is 0 Å². The molecule has 1 aliphatic carbocycles. The summed E-state index contributed by atoms with van der Waals surface area (Å²) in [5.74, 6) is -4.31. The van der Waals surface area contributed by atoms with E-state index in [1.807, 2.05) is 5.48 Å². The number of nitrogens with one attached hydrogen (secondary N) is 1. The fourth-order valence-electron chi connectivity index (χ4n) is 3.03. The Kier molecular flexibility index (Phi) is 4.81. The van der Waals surface area contributed by atoms with Crippen LogP contribution in [0.1, 0.15) is 19.3 Å². The number of hydrogen-bond acceptors (Lipinski definition) is 7. The predicted octanol–water partition coefficient (Wildman–Crippen LogP) is -0.980. The van der Waals surface area contributed by atoms with Crippen molar-refractivity contribution in [1.82, 2.24) is 15.4 Å². The molecule has 3 atom stereocenters. The molecule has 14 heteroatoms. The second-order valence-corrected chi connectivity index (χ2v) is 7.54. The minimum absolute atomic E-state index is 0.00587. The highest BCUT2D eigenvalue weighted by Gasteiger charge is 2.62. The van der Waals surface area contributed by atoms with E-state index in [9.17, 15) is 26.8 Å². The number of halogens is 2. The second-order valence-electron chi connectivity index (χ2n) is 6.54. The average molecular weight is 400 g/mol. The number of nitrogens with two attached hydrogens (primary N) is 1. The smallest absolute Gasteiger partial charge is 0.325 e. The number of amides is 3. The molecule has 3 amide bonds. The lowest BCUT2D eigenvalue weighted by Crippen LogP contribution is -2.56. The van der Waals surface area contributed by atoms with Gasteiger partial charge < -0.3 is 10.6 Å². The summed E-state index contributed by atoms with van der Waals surface area (Å²) in [4.78, 5) is 29.9. The number of alkyl halides is 2. The number of hydroxylamine groups is 3. The molecule has 2 aliphatic heterocycles. The minimum Gasteiger partial charge on any atom is -0.325 e. The van der Waals surface area contributed by atoms with Gasteiger partial charge in [0.1, 0.15) is 12.1 Å². The number of rotatable bonds is 7. The van der Waals surface area contributed by atoms with E-state index < -0.39 is 53.3 Å². The largest absolute Gasteiger partial charge is 0.418 e. The quantitative estimate of drug-likeness (QED) is 0.364. The molecule has 0 radical (unpaired) electrons. The zero-order valence-electron chi connectivity index (χ0n) is 13.4. The van der Waals surface area contributed by atoms with Crippen LogP contribution in [0.5, 0.6) is 0 Å². The molecule has 2 bridgehead atoms. The summed E-state index contributed by atoms with van der Waals surface area (Å²) in [7, 11) is -5.19. The Morgan fingerprint density at radius 2 is 2.12 bits per heavy atom. The normalized spacial score (nSPS) is 29.0. The first-order valence-electron chi connectivity index (χ1n) is 7.81. The average Bonchev–Trinajstić information content (AvgIpc) is 3.31. The van der Waals surface area contributed by atoms with Crippen LogP contribution in [0.15, 0.2) is 0 Å². The van der Waals surface area contributed by atoms with Crippen LogP contribution in [-0.4, -0.2) is 72.1 Å². The monoisotopic (exact) mass is 400 g/mol. The van der Waals surface area contributed by atoms with E-state index in [0.717, 1.165) is 17.7 Å². The van der Waals surface area contributed by atoms with Gasteiger partial charge in [0.2, 0.25) is 0 Å². The number of carbonyl (C=O) groups excluding carboxylic acids is 2. The Hall–Kier alpha value is -1.61. The van der Waals surface area contributed by atoms with Crippen LogP contribution in [0, 0.1) is 5.92 Å². The van der Waals surface area contributed by atoms with Crippen molar-refractivity contribution in [1.29, 1.82) is 0 Å². The summed E-state index contributed by atoms with van der Waals surface area (Å²) in [6, 6.07) is -5.12. The number of hydrogen-bond donors (Lipinski definition) is 3. The lowest BCUT2D eigenvalue weighted by Gasteiger charge is -2.34. The van der Waals surface area contributed by atoms with E-state index in [1.165, 1.54) is 0 Å². The van der Waals surface area contributed by atoms with Gasteiger partial charge in [-0.1, -0.05) is 0 Å². The summed E-state index contributed by atoms with van der Waals surface area (Å²) in [6.07, 6.45) is 0.861. The third kappa shape index (κ3) is 3.88. The van der Waals surface area contributed by atoms with Gasteiger partial charge in [0.15, 0.2) is 0 Å². The number of fused-ring (bicyclic) bond motifs is 2. The van der Waals surface area contributed by atoms with Crippen molar-refractivity contribution in [2.24, 2.45) is 11.7 Å². The molecule has 2 saturated heterocycles. The SMILES string of the molecule is NC(CONC(=O)C1CC(F)(F)C2CN1C(=O)N2OS(=O)(=O)O)C1CC1. The summed E-state index contributed by atoms with van der Waals surface area (Å²) in [5.41, 5.74) is 7.78. The fraction of sp³-hybridized carbons (Fsp3) is 0.833. The molecule has 3 aliphatic rings.